The number of ether oxygens (including phenoxy) is 3. The third-order valence-corrected chi connectivity index (χ3v) is 6.12. The number of benzene rings is 3. The van der Waals surface area contributed by atoms with E-state index in [1.807, 2.05) is 0 Å². The minimum Gasteiger partial charge on any atom is -0.507 e. The van der Waals surface area contributed by atoms with Crippen molar-refractivity contribution in [3.63, 3.8) is 0 Å². The largest absolute Gasteiger partial charge is 0.507 e. The topological polar surface area (TPSA) is 126 Å². The number of ketones is 1. The fraction of sp³-hybridized carbons (Fsp3) is 0.154. The maximum atomic E-state index is 13.3. The number of anilines is 1. The first kappa shape index (κ1) is 23.4. The Morgan fingerprint density at radius 3 is 2.56 bits per heavy atom. The lowest BCUT2D eigenvalue weighted by atomic mass is 9.94. The highest BCUT2D eigenvalue weighted by molar-refractivity contribution is 6.52. The number of amides is 1. The van der Waals surface area contributed by atoms with Crippen molar-refractivity contribution < 1.29 is 39.1 Å². The van der Waals surface area contributed by atoms with Crippen LogP contribution in [-0.4, -0.2) is 40.4 Å². The second kappa shape index (κ2) is 9.01. The number of Topliss-reactive ketones (excluding diaryl/α,β-unsaturated/α-hetero) is 1. The van der Waals surface area contributed by atoms with Crippen molar-refractivity contribution in [2.75, 3.05) is 18.3 Å². The summed E-state index contributed by atoms with van der Waals surface area (Å²) in [5.74, 6) is -1.86. The zero-order valence-electron chi connectivity index (χ0n) is 18.9. The zero-order chi connectivity index (χ0) is 25.6. The number of phenols is 2. The molecular weight excluding hydrogens is 490 g/mol. The zero-order valence-corrected chi connectivity index (χ0v) is 19.7. The number of halogens is 1. The van der Waals surface area contributed by atoms with Crippen LogP contribution in [0.2, 0.25) is 5.02 Å². The van der Waals surface area contributed by atoms with Gasteiger partial charge in [-0.15, -0.1) is 0 Å². The van der Waals surface area contributed by atoms with Gasteiger partial charge in [0.2, 0.25) is 6.79 Å². The molecule has 0 aliphatic carbocycles. The molecular formula is C26H20ClNO8. The number of nitrogens with zero attached hydrogens (tertiary/aromatic N) is 1. The quantitative estimate of drug-likeness (QED) is 0.261. The van der Waals surface area contributed by atoms with Crippen LogP contribution in [0.3, 0.4) is 0 Å². The van der Waals surface area contributed by atoms with E-state index in [-0.39, 0.29) is 52.5 Å². The second-order valence-corrected chi connectivity index (χ2v) is 8.47. The van der Waals surface area contributed by atoms with Crippen molar-refractivity contribution in [1.29, 1.82) is 0 Å². The van der Waals surface area contributed by atoms with Crippen LogP contribution < -0.4 is 19.1 Å². The highest BCUT2D eigenvalue weighted by Gasteiger charge is 2.48. The number of hydrogen-bond acceptors (Lipinski definition) is 8. The van der Waals surface area contributed by atoms with Gasteiger partial charge in [0.05, 0.1) is 23.9 Å². The number of aliphatic hydroxyl groups is 1. The standard InChI is InChI=1S/C26H20ClNO8/c1-2-34-20-9-13(3-6-18(20)30)23-22(24(31)14-4-8-19-21(10-14)36-12-35-19)25(32)26(33)28(23)16-11-15(27)5-7-17(16)29/h3-11,23,29-31H,2,12H2,1H3/b24-22+. The summed E-state index contributed by atoms with van der Waals surface area (Å²) in [6.45, 7) is 2.01. The Kier molecular flexibility index (Phi) is 5.85. The van der Waals surface area contributed by atoms with E-state index in [9.17, 15) is 24.9 Å². The van der Waals surface area contributed by atoms with E-state index in [1.165, 1.54) is 48.5 Å². The molecule has 36 heavy (non-hydrogen) atoms. The molecule has 0 bridgehead atoms. The molecule has 3 aromatic carbocycles. The summed E-state index contributed by atoms with van der Waals surface area (Å²) in [5, 5.41) is 32.3. The number of carbonyl (C=O) groups is 2. The van der Waals surface area contributed by atoms with Crippen LogP contribution >= 0.6 is 11.6 Å². The van der Waals surface area contributed by atoms with Gasteiger partial charge in [0.25, 0.3) is 11.7 Å². The summed E-state index contributed by atoms with van der Waals surface area (Å²) in [4.78, 5) is 27.7. The molecule has 0 radical (unpaired) electrons. The van der Waals surface area contributed by atoms with Gasteiger partial charge in [-0.25, -0.2) is 0 Å². The Labute approximate surface area is 210 Å². The van der Waals surface area contributed by atoms with Crippen LogP contribution in [0.1, 0.15) is 24.1 Å². The molecule has 2 heterocycles. The summed E-state index contributed by atoms with van der Waals surface area (Å²) in [7, 11) is 0. The van der Waals surface area contributed by atoms with Gasteiger partial charge >= 0.3 is 0 Å². The Balaban J connectivity index is 1.74. The molecule has 3 N–H and O–H groups in total. The Morgan fingerprint density at radius 1 is 1.03 bits per heavy atom. The molecule has 1 amide bonds. The summed E-state index contributed by atoms with van der Waals surface area (Å²) < 4.78 is 16.2. The molecule has 2 aliphatic heterocycles. The number of rotatable bonds is 5. The summed E-state index contributed by atoms with van der Waals surface area (Å²) in [5.41, 5.74) is 0.315. The number of fused-ring (bicyclic) bond motifs is 1. The predicted molar refractivity (Wildman–Crippen MR) is 130 cm³/mol. The van der Waals surface area contributed by atoms with Gasteiger partial charge < -0.3 is 29.5 Å². The van der Waals surface area contributed by atoms with Crippen molar-refractivity contribution in [2.24, 2.45) is 0 Å². The van der Waals surface area contributed by atoms with Gasteiger partial charge in [-0.1, -0.05) is 17.7 Å². The maximum absolute atomic E-state index is 13.3. The SMILES string of the molecule is CCOc1cc(C2/C(=C(\O)c3ccc4c(c3)OCO4)C(=O)C(=O)N2c2cc(Cl)ccc2O)ccc1O. The molecule has 0 spiro atoms. The molecule has 9 nitrogen and oxygen atoms in total. The molecule has 1 atom stereocenters. The molecule has 5 rings (SSSR count). The van der Waals surface area contributed by atoms with E-state index in [4.69, 9.17) is 25.8 Å². The van der Waals surface area contributed by atoms with E-state index in [2.05, 4.69) is 0 Å². The van der Waals surface area contributed by atoms with E-state index < -0.39 is 23.5 Å². The van der Waals surface area contributed by atoms with Crippen LogP contribution in [0, 0.1) is 0 Å². The lowest BCUT2D eigenvalue weighted by molar-refractivity contribution is -0.132. The third kappa shape index (κ3) is 3.83. The van der Waals surface area contributed by atoms with Gasteiger partial charge in [-0.05, 0) is 61.0 Å². The van der Waals surface area contributed by atoms with Crippen LogP contribution in [0.5, 0.6) is 28.7 Å². The monoisotopic (exact) mass is 509 g/mol. The predicted octanol–water partition coefficient (Wildman–Crippen LogP) is 4.50. The van der Waals surface area contributed by atoms with Crippen molar-refractivity contribution in [1.82, 2.24) is 0 Å². The van der Waals surface area contributed by atoms with Crippen molar-refractivity contribution >= 4 is 34.7 Å². The van der Waals surface area contributed by atoms with Gasteiger partial charge in [-0.3, -0.25) is 14.5 Å². The minimum absolute atomic E-state index is 0.0195. The van der Waals surface area contributed by atoms with Crippen molar-refractivity contribution in [3.05, 3.63) is 76.3 Å². The molecule has 3 aromatic rings. The molecule has 1 unspecified atom stereocenters. The van der Waals surface area contributed by atoms with E-state index >= 15 is 0 Å². The smallest absolute Gasteiger partial charge is 0.300 e. The fourth-order valence-corrected chi connectivity index (χ4v) is 4.42. The third-order valence-electron chi connectivity index (χ3n) is 5.89. The van der Waals surface area contributed by atoms with Gasteiger partial charge in [0.1, 0.15) is 11.5 Å². The Hall–Kier alpha value is -4.37. The average Bonchev–Trinajstić information content (AvgIpc) is 3.44. The second-order valence-electron chi connectivity index (χ2n) is 8.03. The van der Waals surface area contributed by atoms with Crippen molar-refractivity contribution in [2.45, 2.75) is 13.0 Å². The van der Waals surface area contributed by atoms with Gasteiger partial charge in [0.15, 0.2) is 23.0 Å². The lowest BCUT2D eigenvalue weighted by Crippen LogP contribution is -2.29. The van der Waals surface area contributed by atoms with Crippen LogP contribution in [0.15, 0.2) is 60.2 Å². The maximum Gasteiger partial charge on any atom is 0.300 e. The van der Waals surface area contributed by atoms with E-state index in [1.54, 1.807) is 13.0 Å². The number of aliphatic hydroxyl groups excluding tert-OH is 1. The molecule has 1 fully saturated rings. The Bertz CT molecular complexity index is 1430. The summed E-state index contributed by atoms with van der Waals surface area (Å²) in [6, 6.07) is 11.8. The van der Waals surface area contributed by atoms with Crippen molar-refractivity contribution in [3.8, 4) is 28.7 Å². The highest BCUT2D eigenvalue weighted by atomic mass is 35.5. The molecule has 2 aliphatic rings. The molecule has 10 heteroatoms. The fourth-order valence-electron chi connectivity index (χ4n) is 4.26. The van der Waals surface area contributed by atoms with Gasteiger partial charge in [-0.2, -0.15) is 0 Å². The van der Waals surface area contributed by atoms with Crippen LogP contribution in [0.25, 0.3) is 5.76 Å². The summed E-state index contributed by atoms with van der Waals surface area (Å²) in [6.07, 6.45) is 0. The first-order chi connectivity index (χ1) is 17.3. The normalized spacial score (nSPS) is 18.1. The summed E-state index contributed by atoms with van der Waals surface area (Å²) >= 11 is 6.14. The Morgan fingerprint density at radius 2 is 1.78 bits per heavy atom. The molecule has 1 saturated heterocycles. The lowest BCUT2D eigenvalue weighted by Gasteiger charge is -2.26. The number of aromatic hydroxyl groups is 2. The molecule has 0 saturated carbocycles. The number of hydrogen-bond donors (Lipinski definition) is 3. The first-order valence-corrected chi connectivity index (χ1v) is 11.3. The number of carbonyl (C=O) groups excluding carboxylic acids is 2. The highest BCUT2D eigenvalue weighted by Crippen LogP contribution is 2.47. The number of phenolic OH excluding ortho intramolecular Hbond substituents is 2. The molecule has 0 aromatic heterocycles. The van der Waals surface area contributed by atoms with Crippen LogP contribution in [0.4, 0.5) is 5.69 Å². The van der Waals surface area contributed by atoms with E-state index in [0.717, 1.165) is 4.90 Å². The van der Waals surface area contributed by atoms with E-state index in [0.29, 0.717) is 17.1 Å². The van der Waals surface area contributed by atoms with Gasteiger partial charge in [0, 0.05) is 10.6 Å². The van der Waals surface area contributed by atoms with Crippen LogP contribution in [-0.2, 0) is 9.59 Å². The molecule has 184 valence electrons. The minimum atomic E-state index is -1.18. The average molecular weight is 510 g/mol. The first-order valence-electron chi connectivity index (χ1n) is 11.0.